The number of nitrogens with one attached hydrogen (secondary N) is 1. The predicted molar refractivity (Wildman–Crippen MR) is 134 cm³/mol. The van der Waals surface area contributed by atoms with Crippen molar-refractivity contribution >= 4 is 17.5 Å². The van der Waals surface area contributed by atoms with Gasteiger partial charge in [-0.05, 0) is 58.4 Å². The van der Waals surface area contributed by atoms with Crippen molar-refractivity contribution in [3.63, 3.8) is 0 Å². The van der Waals surface area contributed by atoms with Crippen LogP contribution in [0.25, 0.3) is 0 Å². The number of halogens is 3. The molecule has 0 saturated carbocycles. The van der Waals surface area contributed by atoms with Gasteiger partial charge in [-0.1, -0.05) is 18.2 Å². The fourth-order valence-electron chi connectivity index (χ4n) is 4.34. The van der Waals surface area contributed by atoms with E-state index in [0.717, 1.165) is 6.42 Å². The minimum Gasteiger partial charge on any atom is -0.457 e. The minimum absolute atomic E-state index is 0.00176. The van der Waals surface area contributed by atoms with Gasteiger partial charge in [0.05, 0.1) is 11.4 Å². The number of rotatable bonds is 7. The minimum atomic E-state index is -4.67. The normalized spacial score (nSPS) is 18.7. The van der Waals surface area contributed by atoms with Gasteiger partial charge < -0.3 is 25.4 Å². The summed E-state index contributed by atoms with van der Waals surface area (Å²) in [4.78, 5) is 15.8. The molecule has 36 heavy (non-hydrogen) atoms. The van der Waals surface area contributed by atoms with E-state index in [4.69, 9.17) is 15.2 Å². The van der Waals surface area contributed by atoms with Crippen molar-refractivity contribution in [1.29, 1.82) is 0 Å². The van der Waals surface area contributed by atoms with Crippen LogP contribution in [0.3, 0.4) is 0 Å². The van der Waals surface area contributed by atoms with Gasteiger partial charge in [-0.2, -0.15) is 13.2 Å². The molecule has 1 fully saturated rings. The highest BCUT2D eigenvalue weighted by atomic mass is 19.4. The van der Waals surface area contributed by atoms with Crippen LogP contribution in [0.2, 0.25) is 0 Å². The second-order valence-corrected chi connectivity index (χ2v) is 10.0. The fourth-order valence-corrected chi connectivity index (χ4v) is 4.34. The van der Waals surface area contributed by atoms with Crippen LogP contribution in [0.5, 0.6) is 11.5 Å². The van der Waals surface area contributed by atoms with Crippen LogP contribution in [0.4, 0.5) is 29.3 Å². The lowest BCUT2D eigenvalue weighted by Gasteiger charge is -2.30. The molecule has 2 aromatic carbocycles. The zero-order valence-corrected chi connectivity index (χ0v) is 21.4. The Morgan fingerprint density at radius 3 is 2.44 bits per heavy atom. The molecule has 3 N–H and O–H groups in total. The molecule has 0 bridgehead atoms. The quantitative estimate of drug-likeness (QED) is 0.481. The zero-order valence-electron chi connectivity index (χ0n) is 21.4. The molecule has 0 unspecified atom stereocenters. The molecule has 0 aliphatic carbocycles. The van der Waals surface area contributed by atoms with Gasteiger partial charge >= 0.3 is 12.3 Å². The zero-order chi connectivity index (χ0) is 26.7. The summed E-state index contributed by atoms with van der Waals surface area (Å²) in [5.74, 6) is -0.00305. The number of para-hydroxylation sites is 1. The molecule has 198 valence electrons. The van der Waals surface area contributed by atoms with Gasteiger partial charge in [-0.15, -0.1) is 0 Å². The average Bonchev–Trinajstić information content (AvgIpc) is 3.10. The van der Waals surface area contributed by atoms with Gasteiger partial charge in [0.25, 0.3) is 0 Å². The number of carbonyl (C=O) groups is 1. The summed E-state index contributed by atoms with van der Waals surface area (Å²) in [6.45, 7) is 8.87. The lowest BCUT2D eigenvalue weighted by molar-refractivity contribution is -0.138. The number of likely N-dealkylation sites (N-methyl/N-ethyl adjacent to an activating group) is 1. The Morgan fingerprint density at radius 2 is 1.83 bits per heavy atom. The maximum Gasteiger partial charge on any atom is 0.422 e. The molecule has 2 atom stereocenters. The van der Waals surface area contributed by atoms with Crippen molar-refractivity contribution in [2.24, 2.45) is 0 Å². The van der Waals surface area contributed by atoms with E-state index in [0.29, 0.717) is 25.4 Å². The lowest BCUT2D eigenvalue weighted by Crippen LogP contribution is -2.46. The monoisotopic (exact) mass is 508 g/mol. The van der Waals surface area contributed by atoms with E-state index in [2.05, 4.69) is 10.2 Å². The maximum absolute atomic E-state index is 14.2. The van der Waals surface area contributed by atoms with Crippen LogP contribution in [0, 0.1) is 0 Å². The highest BCUT2D eigenvalue weighted by Crippen LogP contribution is 2.46. The summed E-state index contributed by atoms with van der Waals surface area (Å²) in [6.07, 6.45) is -4.43. The number of amides is 1. The first-order valence-corrected chi connectivity index (χ1v) is 11.9. The molecule has 3 rings (SSSR count). The van der Waals surface area contributed by atoms with Gasteiger partial charge in [-0.3, -0.25) is 4.90 Å². The van der Waals surface area contributed by atoms with Crippen molar-refractivity contribution in [3.05, 3.63) is 48.0 Å². The molecule has 1 heterocycles. The highest BCUT2D eigenvalue weighted by molar-refractivity contribution is 5.75. The molecule has 10 heteroatoms. The number of anilines is 2. The Hall–Kier alpha value is -3.14. The summed E-state index contributed by atoms with van der Waals surface area (Å²) >= 11 is 0. The van der Waals surface area contributed by atoms with Gasteiger partial charge in [0.1, 0.15) is 22.7 Å². The Bertz CT molecular complexity index is 1040. The van der Waals surface area contributed by atoms with Crippen LogP contribution in [0.15, 0.2) is 42.5 Å². The number of likely N-dealkylation sites (tertiary alicyclic amines) is 1. The number of benzene rings is 2. The van der Waals surface area contributed by atoms with E-state index < -0.39 is 23.4 Å². The molecule has 1 saturated heterocycles. The molecule has 1 aliphatic heterocycles. The second kappa shape index (κ2) is 10.9. The summed E-state index contributed by atoms with van der Waals surface area (Å²) in [6, 6.07) is 10.9. The molecule has 0 radical (unpaired) electrons. The summed E-state index contributed by atoms with van der Waals surface area (Å²) < 4.78 is 53.6. The molecule has 7 nitrogen and oxygen atoms in total. The number of alkyl carbamates (subject to hydrolysis) is 1. The molecular weight excluding hydrogens is 473 g/mol. The van der Waals surface area contributed by atoms with Crippen LogP contribution in [0.1, 0.15) is 39.7 Å². The van der Waals surface area contributed by atoms with Crippen molar-refractivity contribution in [3.8, 4) is 11.5 Å². The topological polar surface area (TPSA) is 80.1 Å². The van der Waals surface area contributed by atoms with E-state index in [1.165, 1.54) is 17.0 Å². The largest absolute Gasteiger partial charge is 0.457 e. The molecule has 1 aliphatic rings. The summed E-state index contributed by atoms with van der Waals surface area (Å²) in [5, 5.41) is 2.90. The summed E-state index contributed by atoms with van der Waals surface area (Å²) in [7, 11) is 1.59. The van der Waals surface area contributed by atoms with Crippen LogP contribution >= 0.6 is 0 Å². The SMILES string of the molecule is C[C@H]1[C@@H](NC(=O)OC(C)(C)C)CCN1CCN(C)c1c(N)ccc(Oc2ccccc2)c1C(F)(F)F. The van der Waals surface area contributed by atoms with Gasteiger partial charge in [-0.25, -0.2) is 4.79 Å². The number of alkyl halides is 3. The molecule has 0 spiro atoms. The van der Waals surface area contributed by atoms with Crippen LogP contribution < -0.4 is 20.7 Å². The fraction of sp³-hybridized carbons (Fsp3) is 0.500. The lowest BCUT2D eigenvalue weighted by atomic mass is 10.1. The molecular formula is C26H35F3N4O3. The Labute approximate surface area is 210 Å². The number of nitrogens with two attached hydrogens (primary N) is 1. The number of hydrogen-bond acceptors (Lipinski definition) is 6. The van der Waals surface area contributed by atoms with E-state index in [1.54, 1.807) is 58.2 Å². The van der Waals surface area contributed by atoms with Crippen molar-refractivity contribution < 1.29 is 27.4 Å². The van der Waals surface area contributed by atoms with Crippen LogP contribution in [-0.4, -0.2) is 55.4 Å². The smallest absolute Gasteiger partial charge is 0.422 e. The van der Waals surface area contributed by atoms with Crippen molar-refractivity contribution in [2.75, 3.05) is 37.3 Å². The Balaban J connectivity index is 1.72. The summed E-state index contributed by atoms with van der Waals surface area (Å²) in [5.41, 5.74) is 4.44. The second-order valence-electron chi connectivity index (χ2n) is 10.0. The number of carbonyl (C=O) groups excluding carboxylic acids is 1. The predicted octanol–water partition coefficient (Wildman–Crippen LogP) is 5.50. The van der Waals surface area contributed by atoms with Crippen LogP contribution in [-0.2, 0) is 10.9 Å². The third kappa shape index (κ3) is 6.96. The highest BCUT2D eigenvalue weighted by Gasteiger charge is 2.40. The van der Waals surface area contributed by atoms with Gasteiger partial charge in [0.15, 0.2) is 0 Å². The molecule has 1 amide bonds. The molecule has 0 aromatic heterocycles. The number of nitrogen functional groups attached to an aromatic ring is 1. The van der Waals surface area contributed by atoms with Gasteiger partial charge in [0.2, 0.25) is 0 Å². The number of nitrogens with zero attached hydrogens (tertiary/aromatic N) is 2. The molecule has 2 aromatic rings. The Morgan fingerprint density at radius 1 is 1.17 bits per heavy atom. The third-order valence-corrected chi connectivity index (χ3v) is 6.12. The van der Waals surface area contributed by atoms with Crippen molar-refractivity contribution in [1.82, 2.24) is 10.2 Å². The van der Waals surface area contributed by atoms with E-state index in [-0.39, 0.29) is 29.2 Å². The third-order valence-electron chi connectivity index (χ3n) is 6.12. The maximum atomic E-state index is 14.2. The first-order valence-electron chi connectivity index (χ1n) is 11.9. The van der Waals surface area contributed by atoms with Crippen molar-refractivity contribution in [2.45, 2.75) is 58.0 Å². The average molecular weight is 509 g/mol. The van der Waals surface area contributed by atoms with E-state index in [9.17, 15) is 18.0 Å². The Kier molecular flexibility index (Phi) is 8.28. The van der Waals surface area contributed by atoms with E-state index >= 15 is 0 Å². The first kappa shape index (κ1) is 27.4. The first-order chi connectivity index (χ1) is 16.8. The van der Waals surface area contributed by atoms with E-state index in [1.807, 2.05) is 6.92 Å². The van der Waals surface area contributed by atoms with Gasteiger partial charge in [0, 0.05) is 38.8 Å². The number of ether oxygens (including phenoxy) is 2. The number of hydrogen-bond donors (Lipinski definition) is 2. The standard InChI is InChI=1S/C26H35F3N4O3/c1-17-20(31-24(34)36-25(2,3)4)13-14-33(17)16-15-32(5)23-19(30)11-12-21(22(23)26(27,28)29)35-18-9-7-6-8-10-18/h6-12,17,20H,13-16,30H2,1-5H3,(H,31,34)/t17-,20-/m0/s1.